The van der Waals surface area contributed by atoms with E-state index in [1.165, 1.54) is 0 Å². The number of para-hydroxylation sites is 1. The van der Waals surface area contributed by atoms with Crippen LogP contribution >= 0.6 is 0 Å². The summed E-state index contributed by atoms with van der Waals surface area (Å²) in [6.07, 6.45) is 0. The van der Waals surface area contributed by atoms with E-state index in [1.54, 1.807) is 11.9 Å². The smallest absolute Gasteiger partial charge is 0.161 e. The van der Waals surface area contributed by atoms with Crippen LogP contribution in [0.15, 0.2) is 30.3 Å². The second kappa shape index (κ2) is 3.20. The maximum absolute atomic E-state index is 12.0. The highest BCUT2D eigenvalue weighted by molar-refractivity contribution is 5.44. The van der Waals surface area contributed by atoms with Crippen LogP contribution in [0.4, 0.5) is 10.1 Å². The number of hydrogen-bond acceptors (Lipinski definition) is 1. The highest BCUT2D eigenvalue weighted by Crippen LogP contribution is 2.09. The minimum Gasteiger partial charge on any atom is -0.348 e. The van der Waals surface area contributed by atoms with Gasteiger partial charge < -0.3 is 4.90 Å². The Kier molecular flexibility index (Phi) is 2.26. The minimum absolute atomic E-state index is 0.440. The minimum atomic E-state index is -0.440. The predicted molar refractivity (Wildman–Crippen MR) is 40.8 cm³/mol. The number of benzene rings is 1. The van der Waals surface area contributed by atoms with E-state index < -0.39 is 6.80 Å². The molecule has 0 heterocycles. The second-order valence-electron chi connectivity index (χ2n) is 2.15. The molecule has 0 fully saturated rings. The van der Waals surface area contributed by atoms with E-state index in [0.717, 1.165) is 5.69 Å². The van der Waals surface area contributed by atoms with Crippen molar-refractivity contribution < 1.29 is 4.39 Å². The van der Waals surface area contributed by atoms with Gasteiger partial charge in [-0.05, 0) is 12.1 Å². The second-order valence-corrected chi connectivity index (χ2v) is 2.15. The molecule has 0 amide bonds. The van der Waals surface area contributed by atoms with Gasteiger partial charge in [-0.1, -0.05) is 18.2 Å². The fraction of sp³-hybridized carbons (Fsp3) is 0.250. The van der Waals surface area contributed by atoms with Gasteiger partial charge in [0, 0.05) is 12.7 Å². The van der Waals surface area contributed by atoms with Crippen molar-refractivity contribution in [3.8, 4) is 0 Å². The van der Waals surface area contributed by atoms with Crippen molar-refractivity contribution in [1.29, 1.82) is 0 Å². The maximum Gasteiger partial charge on any atom is 0.161 e. The number of halogens is 1. The molecule has 0 atom stereocenters. The molecule has 0 saturated carbocycles. The molecule has 1 nitrogen and oxygen atoms in total. The first kappa shape index (κ1) is 7.06. The average Bonchev–Trinajstić information content (AvgIpc) is 2.05. The number of alkyl halides is 1. The molecule has 10 heavy (non-hydrogen) atoms. The Labute approximate surface area is 60.1 Å². The number of hydrogen-bond donors (Lipinski definition) is 0. The van der Waals surface area contributed by atoms with Crippen molar-refractivity contribution in [2.45, 2.75) is 0 Å². The van der Waals surface area contributed by atoms with Gasteiger partial charge >= 0.3 is 0 Å². The third-order valence-electron chi connectivity index (χ3n) is 1.38. The van der Waals surface area contributed by atoms with Crippen molar-refractivity contribution in [2.24, 2.45) is 0 Å². The Morgan fingerprint density at radius 1 is 1.30 bits per heavy atom. The monoisotopic (exact) mass is 139 g/mol. The van der Waals surface area contributed by atoms with Gasteiger partial charge in [0.15, 0.2) is 6.80 Å². The fourth-order valence-electron chi connectivity index (χ4n) is 0.751. The van der Waals surface area contributed by atoms with Crippen LogP contribution in [0, 0.1) is 0 Å². The van der Waals surface area contributed by atoms with Gasteiger partial charge in [-0.2, -0.15) is 0 Å². The number of nitrogens with zero attached hydrogens (tertiary/aromatic N) is 1. The van der Waals surface area contributed by atoms with Crippen LogP contribution in [0.2, 0.25) is 0 Å². The molecule has 0 saturated heterocycles. The van der Waals surface area contributed by atoms with Crippen molar-refractivity contribution in [2.75, 3.05) is 18.7 Å². The summed E-state index contributed by atoms with van der Waals surface area (Å²) in [4.78, 5) is 1.54. The Morgan fingerprint density at radius 3 is 2.40 bits per heavy atom. The Morgan fingerprint density at radius 2 is 1.90 bits per heavy atom. The lowest BCUT2D eigenvalue weighted by Crippen LogP contribution is -2.14. The van der Waals surface area contributed by atoms with Crippen LogP contribution in [-0.4, -0.2) is 13.8 Å². The lowest BCUT2D eigenvalue weighted by Gasteiger charge is -2.13. The molecule has 1 aromatic carbocycles. The number of anilines is 1. The average molecular weight is 139 g/mol. The quantitative estimate of drug-likeness (QED) is 0.567. The Bertz CT molecular complexity index is 186. The standard InChI is InChI=1S/C8H10FN/c1-10(7-9)8-5-3-2-4-6-8/h2-6H,7H2,1H3. The van der Waals surface area contributed by atoms with E-state index in [0.29, 0.717) is 0 Å². The lowest BCUT2D eigenvalue weighted by molar-refractivity contribution is 0.491. The van der Waals surface area contributed by atoms with Gasteiger partial charge in [-0.25, -0.2) is 4.39 Å². The predicted octanol–water partition coefficient (Wildman–Crippen LogP) is 2.05. The molecule has 1 aromatic rings. The van der Waals surface area contributed by atoms with Crippen LogP contribution in [0.5, 0.6) is 0 Å². The van der Waals surface area contributed by atoms with Crippen LogP contribution < -0.4 is 4.90 Å². The molecule has 0 radical (unpaired) electrons. The van der Waals surface area contributed by atoms with Crippen molar-refractivity contribution in [3.05, 3.63) is 30.3 Å². The summed E-state index contributed by atoms with van der Waals surface area (Å²) in [5.41, 5.74) is 0.907. The molecule has 0 aliphatic carbocycles. The summed E-state index contributed by atoms with van der Waals surface area (Å²) in [6.45, 7) is -0.440. The van der Waals surface area contributed by atoms with Gasteiger partial charge in [-0.15, -0.1) is 0 Å². The van der Waals surface area contributed by atoms with Crippen molar-refractivity contribution in [1.82, 2.24) is 0 Å². The summed E-state index contributed by atoms with van der Waals surface area (Å²) >= 11 is 0. The third kappa shape index (κ3) is 1.47. The maximum atomic E-state index is 12.0. The summed E-state index contributed by atoms with van der Waals surface area (Å²) in [5.74, 6) is 0. The molecule has 0 unspecified atom stereocenters. The summed E-state index contributed by atoms with van der Waals surface area (Å²) in [6, 6.07) is 9.44. The van der Waals surface area contributed by atoms with Crippen LogP contribution in [0.1, 0.15) is 0 Å². The van der Waals surface area contributed by atoms with E-state index in [1.807, 2.05) is 30.3 Å². The molecule has 0 aliphatic heterocycles. The van der Waals surface area contributed by atoms with Crippen LogP contribution in [-0.2, 0) is 0 Å². The van der Waals surface area contributed by atoms with Gasteiger partial charge in [-0.3, -0.25) is 0 Å². The van der Waals surface area contributed by atoms with Gasteiger partial charge in [0.2, 0.25) is 0 Å². The zero-order valence-electron chi connectivity index (χ0n) is 5.92. The van der Waals surface area contributed by atoms with Gasteiger partial charge in [0.25, 0.3) is 0 Å². The third-order valence-corrected chi connectivity index (χ3v) is 1.38. The van der Waals surface area contributed by atoms with E-state index in [2.05, 4.69) is 0 Å². The zero-order chi connectivity index (χ0) is 7.40. The molecule has 0 aromatic heterocycles. The zero-order valence-corrected chi connectivity index (χ0v) is 5.92. The first-order valence-electron chi connectivity index (χ1n) is 3.16. The largest absolute Gasteiger partial charge is 0.348 e. The normalized spacial score (nSPS) is 9.40. The molecule has 1 rings (SSSR count). The van der Waals surface area contributed by atoms with Gasteiger partial charge in [0.1, 0.15) is 0 Å². The van der Waals surface area contributed by atoms with E-state index in [4.69, 9.17) is 0 Å². The van der Waals surface area contributed by atoms with Gasteiger partial charge in [0.05, 0.1) is 0 Å². The van der Waals surface area contributed by atoms with E-state index in [-0.39, 0.29) is 0 Å². The van der Waals surface area contributed by atoms with Crippen LogP contribution in [0.3, 0.4) is 0 Å². The van der Waals surface area contributed by atoms with E-state index >= 15 is 0 Å². The molecular weight excluding hydrogens is 129 g/mol. The molecule has 0 spiro atoms. The van der Waals surface area contributed by atoms with Crippen molar-refractivity contribution >= 4 is 5.69 Å². The molecule has 2 heteroatoms. The topological polar surface area (TPSA) is 3.24 Å². The lowest BCUT2D eigenvalue weighted by atomic mass is 10.3. The Balaban J connectivity index is 2.75. The summed E-state index contributed by atoms with van der Waals surface area (Å²) in [7, 11) is 1.72. The highest BCUT2D eigenvalue weighted by Gasteiger charge is 1.94. The molecule has 0 N–H and O–H groups in total. The molecule has 0 bridgehead atoms. The molecule has 54 valence electrons. The van der Waals surface area contributed by atoms with Crippen molar-refractivity contribution in [3.63, 3.8) is 0 Å². The highest BCUT2D eigenvalue weighted by atomic mass is 19.1. The first-order valence-corrected chi connectivity index (χ1v) is 3.16. The Hall–Kier alpha value is -1.05. The van der Waals surface area contributed by atoms with Crippen LogP contribution in [0.25, 0.3) is 0 Å². The first-order chi connectivity index (χ1) is 4.84. The molecular formula is C8H10FN. The SMILES string of the molecule is CN(CF)c1ccccc1. The number of rotatable bonds is 2. The summed E-state index contributed by atoms with van der Waals surface area (Å²) < 4.78 is 12.0. The fourth-order valence-corrected chi connectivity index (χ4v) is 0.751. The molecule has 0 aliphatic rings. The van der Waals surface area contributed by atoms with E-state index in [9.17, 15) is 4.39 Å². The summed E-state index contributed by atoms with van der Waals surface area (Å²) in [5, 5.41) is 0.